The highest BCUT2D eigenvalue weighted by atomic mass is 79.9. The average molecular weight is 506 g/mol. The summed E-state index contributed by atoms with van der Waals surface area (Å²) in [5.74, 6) is -0.150. The van der Waals surface area contributed by atoms with E-state index in [2.05, 4.69) is 20.9 Å². The number of rotatable bonds is 5. The minimum absolute atomic E-state index is 0.104. The fourth-order valence-electron chi connectivity index (χ4n) is 3.43. The summed E-state index contributed by atoms with van der Waals surface area (Å²) >= 11 is 4.60. The first-order chi connectivity index (χ1) is 14.4. The van der Waals surface area contributed by atoms with Crippen LogP contribution in [-0.2, 0) is 23.0 Å². The van der Waals surface area contributed by atoms with Crippen LogP contribution in [0, 0.1) is 0 Å². The maximum Gasteiger partial charge on any atom is 0.277 e. The van der Waals surface area contributed by atoms with Gasteiger partial charge in [0.15, 0.2) is 0 Å². The Morgan fingerprint density at radius 2 is 1.93 bits per heavy atom. The lowest BCUT2D eigenvalue weighted by Crippen LogP contribution is -2.35. The number of benzene rings is 2. The Bertz CT molecular complexity index is 1180. The van der Waals surface area contributed by atoms with E-state index in [-0.39, 0.29) is 17.3 Å². The summed E-state index contributed by atoms with van der Waals surface area (Å²) in [7, 11) is -2.13. The lowest BCUT2D eigenvalue weighted by atomic mass is 10.0. The minimum Gasteiger partial charge on any atom is -0.307 e. The molecule has 1 aliphatic rings. The Labute approximate surface area is 188 Å². The first-order valence-electron chi connectivity index (χ1n) is 9.42. The third-order valence-electron chi connectivity index (χ3n) is 5.01. The van der Waals surface area contributed by atoms with Gasteiger partial charge in [0, 0.05) is 29.1 Å². The number of nitrogens with zero attached hydrogens (tertiary/aromatic N) is 3. The third-order valence-corrected chi connectivity index (χ3v) is 8.19. The fourth-order valence-corrected chi connectivity index (χ4v) is 5.73. The van der Waals surface area contributed by atoms with Crippen LogP contribution in [0.5, 0.6) is 0 Å². The molecular weight excluding hydrogens is 486 g/mol. The molecular formula is C21H20BrN3O3S2. The van der Waals surface area contributed by atoms with Gasteiger partial charge in [0.1, 0.15) is 10.7 Å². The van der Waals surface area contributed by atoms with Gasteiger partial charge in [0.05, 0.1) is 11.4 Å². The average Bonchev–Trinajstić information content (AvgIpc) is 3.21. The van der Waals surface area contributed by atoms with Gasteiger partial charge < -0.3 is 4.90 Å². The molecule has 0 atom stereocenters. The molecule has 0 radical (unpaired) electrons. The molecule has 0 saturated carbocycles. The topological polar surface area (TPSA) is 70.6 Å². The number of aromatic nitrogens is 1. The largest absolute Gasteiger partial charge is 0.307 e. The number of thiazole rings is 1. The molecule has 0 spiro atoms. The summed E-state index contributed by atoms with van der Waals surface area (Å²) < 4.78 is 27.6. The molecule has 2 heterocycles. The first kappa shape index (κ1) is 21.2. The molecule has 0 bridgehead atoms. The number of aryl methyl sites for hydroxylation is 1. The van der Waals surface area contributed by atoms with Crippen LogP contribution < -0.4 is 4.90 Å². The molecule has 2 aromatic carbocycles. The molecule has 1 aromatic heterocycles. The normalized spacial score (nSPS) is 14.0. The minimum atomic E-state index is -3.64. The van der Waals surface area contributed by atoms with Gasteiger partial charge >= 0.3 is 0 Å². The number of carbonyl (C=O) groups excluding carboxylic acids is 1. The van der Waals surface area contributed by atoms with E-state index in [9.17, 15) is 13.2 Å². The molecule has 0 saturated heterocycles. The van der Waals surface area contributed by atoms with E-state index in [0.717, 1.165) is 28.6 Å². The quantitative estimate of drug-likeness (QED) is 0.517. The number of hydrogen-bond donors (Lipinski definition) is 0. The van der Waals surface area contributed by atoms with Crippen LogP contribution >= 0.6 is 27.3 Å². The van der Waals surface area contributed by atoms with Crippen molar-refractivity contribution in [1.29, 1.82) is 0 Å². The van der Waals surface area contributed by atoms with Gasteiger partial charge in [0.25, 0.3) is 5.91 Å². The predicted molar refractivity (Wildman–Crippen MR) is 121 cm³/mol. The van der Waals surface area contributed by atoms with Crippen molar-refractivity contribution in [1.82, 2.24) is 9.29 Å². The smallest absolute Gasteiger partial charge is 0.277 e. The van der Waals surface area contributed by atoms with Gasteiger partial charge in [0.2, 0.25) is 10.0 Å². The second kappa shape index (κ2) is 8.58. The van der Waals surface area contributed by atoms with Gasteiger partial charge in [-0.1, -0.05) is 34.1 Å². The standard InChI is InChI=1S/C21H20BrN3O3S2/c1-24(30(27,28)17-10-8-16(22)9-11-17)13-20-23-18(14-29-20)21(26)25-12-4-6-15-5-2-3-7-19(15)25/h2-3,5,7-11,14H,4,6,12-13H2,1H3. The lowest BCUT2D eigenvalue weighted by Gasteiger charge is -2.28. The summed E-state index contributed by atoms with van der Waals surface area (Å²) in [4.78, 5) is 19.5. The predicted octanol–water partition coefficient (Wildman–Crippen LogP) is 4.32. The molecule has 0 aliphatic carbocycles. The molecule has 156 valence electrons. The number of sulfonamides is 1. The van der Waals surface area contributed by atoms with E-state index in [4.69, 9.17) is 0 Å². The fraction of sp³-hybridized carbons (Fsp3) is 0.238. The van der Waals surface area contributed by atoms with Crippen LogP contribution in [0.4, 0.5) is 5.69 Å². The number of amides is 1. The summed E-state index contributed by atoms with van der Waals surface area (Å²) in [6.45, 7) is 0.757. The molecule has 6 nitrogen and oxygen atoms in total. The number of carbonyl (C=O) groups is 1. The summed E-state index contributed by atoms with van der Waals surface area (Å²) in [5, 5.41) is 2.28. The summed E-state index contributed by atoms with van der Waals surface area (Å²) in [5.41, 5.74) is 2.44. The van der Waals surface area contributed by atoms with Crippen molar-refractivity contribution in [2.24, 2.45) is 0 Å². The van der Waals surface area contributed by atoms with Gasteiger partial charge in [-0.15, -0.1) is 11.3 Å². The Balaban J connectivity index is 1.51. The third kappa shape index (κ3) is 4.20. The second-order valence-corrected chi connectivity index (χ2v) is 10.9. The van der Waals surface area contributed by atoms with Crippen LogP contribution in [0.3, 0.4) is 0 Å². The zero-order chi connectivity index (χ0) is 21.3. The molecule has 30 heavy (non-hydrogen) atoms. The number of para-hydroxylation sites is 1. The molecule has 4 rings (SSSR count). The Kier molecular flexibility index (Phi) is 6.06. The number of halogens is 1. The highest BCUT2D eigenvalue weighted by Gasteiger charge is 2.26. The van der Waals surface area contributed by atoms with Crippen molar-refractivity contribution < 1.29 is 13.2 Å². The zero-order valence-corrected chi connectivity index (χ0v) is 19.5. The lowest BCUT2D eigenvalue weighted by molar-refractivity contribution is 0.0981. The van der Waals surface area contributed by atoms with E-state index < -0.39 is 10.0 Å². The van der Waals surface area contributed by atoms with E-state index in [0.29, 0.717) is 17.2 Å². The van der Waals surface area contributed by atoms with Gasteiger partial charge in [-0.05, 0) is 48.7 Å². The highest BCUT2D eigenvalue weighted by molar-refractivity contribution is 9.10. The summed E-state index contributed by atoms with van der Waals surface area (Å²) in [6.07, 6.45) is 1.87. The molecule has 1 aliphatic heterocycles. The number of anilines is 1. The number of fused-ring (bicyclic) bond motifs is 1. The molecule has 0 N–H and O–H groups in total. The van der Waals surface area contributed by atoms with Crippen molar-refractivity contribution in [3.05, 3.63) is 74.6 Å². The Morgan fingerprint density at radius 3 is 2.70 bits per heavy atom. The van der Waals surface area contributed by atoms with Gasteiger partial charge in [-0.2, -0.15) is 4.31 Å². The van der Waals surface area contributed by atoms with Crippen LogP contribution in [0.25, 0.3) is 0 Å². The van der Waals surface area contributed by atoms with Crippen LogP contribution in [0.2, 0.25) is 0 Å². The van der Waals surface area contributed by atoms with Crippen molar-refractivity contribution >= 4 is 48.9 Å². The van der Waals surface area contributed by atoms with E-state index in [1.165, 1.54) is 22.7 Å². The van der Waals surface area contributed by atoms with Crippen LogP contribution in [-0.4, -0.2) is 37.2 Å². The van der Waals surface area contributed by atoms with E-state index in [1.54, 1.807) is 34.5 Å². The Morgan fingerprint density at radius 1 is 1.20 bits per heavy atom. The summed E-state index contributed by atoms with van der Waals surface area (Å²) in [6, 6.07) is 14.4. The molecule has 3 aromatic rings. The molecule has 1 amide bonds. The first-order valence-corrected chi connectivity index (χ1v) is 12.5. The monoisotopic (exact) mass is 505 g/mol. The highest BCUT2D eigenvalue weighted by Crippen LogP contribution is 2.28. The van der Waals surface area contributed by atoms with Crippen LogP contribution in [0.1, 0.15) is 27.5 Å². The maximum absolute atomic E-state index is 13.0. The van der Waals surface area contributed by atoms with Gasteiger partial charge in [-0.25, -0.2) is 13.4 Å². The van der Waals surface area contributed by atoms with Crippen molar-refractivity contribution in [3.63, 3.8) is 0 Å². The van der Waals surface area contributed by atoms with Gasteiger partial charge in [-0.3, -0.25) is 4.79 Å². The van der Waals surface area contributed by atoms with E-state index in [1.807, 2.05) is 24.3 Å². The SMILES string of the molecule is CN(Cc1nc(C(=O)N2CCCc3ccccc32)cs1)S(=O)(=O)c1ccc(Br)cc1. The molecule has 0 unspecified atom stereocenters. The molecule has 0 fully saturated rings. The van der Waals surface area contributed by atoms with Crippen molar-refractivity contribution in [3.8, 4) is 0 Å². The maximum atomic E-state index is 13.0. The van der Waals surface area contributed by atoms with Crippen molar-refractivity contribution in [2.75, 3.05) is 18.5 Å². The zero-order valence-electron chi connectivity index (χ0n) is 16.3. The van der Waals surface area contributed by atoms with Crippen LogP contribution in [0.15, 0.2) is 63.3 Å². The number of hydrogen-bond acceptors (Lipinski definition) is 5. The molecule has 9 heteroatoms. The Hall–Kier alpha value is -2.07. The van der Waals surface area contributed by atoms with E-state index >= 15 is 0 Å². The second-order valence-electron chi connectivity index (χ2n) is 7.03. The van der Waals surface area contributed by atoms with Crippen molar-refractivity contribution in [2.45, 2.75) is 24.3 Å².